The highest BCUT2D eigenvalue weighted by molar-refractivity contribution is 8.76. The van der Waals surface area contributed by atoms with E-state index in [0.29, 0.717) is 23.2 Å². The van der Waals surface area contributed by atoms with Crippen LogP contribution in [0, 0.1) is 0 Å². The van der Waals surface area contributed by atoms with E-state index in [4.69, 9.17) is 0 Å². The third-order valence-electron chi connectivity index (χ3n) is 3.41. The van der Waals surface area contributed by atoms with Crippen molar-refractivity contribution >= 4 is 33.2 Å². The first-order valence-electron chi connectivity index (χ1n) is 7.16. The first-order chi connectivity index (χ1) is 10.3. The summed E-state index contributed by atoms with van der Waals surface area (Å²) in [5, 5.41) is 18.6. The molecular weight excluding hydrogens is 318 g/mol. The number of carbonyl (C=O) groups is 1. The average molecular weight is 344 g/mol. The SMILES string of the molecule is CSSC(C)(C)CCC(=O)N(C)c1cc(CO)cc(CO)c1. The van der Waals surface area contributed by atoms with Crippen molar-refractivity contribution in [3.8, 4) is 0 Å². The van der Waals surface area contributed by atoms with Gasteiger partial charge < -0.3 is 15.1 Å². The molecule has 4 nitrogen and oxygen atoms in total. The van der Waals surface area contributed by atoms with E-state index in [1.165, 1.54) is 0 Å². The van der Waals surface area contributed by atoms with Gasteiger partial charge in [-0.2, -0.15) is 0 Å². The van der Waals surface area contributed by atoms with Gasteiger partial charge in [0.05, 0.1) is 13.2 Å². The van der Waals surface area contributed by atoms with Crippen LogP contribution in [0.1, 0.15) is 37.8 Å². The highest BCUT2D eigenvalue weighted by atomic mass is 33.1. The van der Waals surface area contributed by atoms with Crippen molar-refractivity contribution < 1.29 is 15.0 Å². The standard InChI is InChI=1S/C16H25NO3S2/c1-16(2,22-21-4)6-5-15(20)17(3)14-8-12(10-18)7-13(9-14)11-19/h7-9,18-19H,5-6,10-11H2,1-4H3. The van der Waals surface area contributed by atoms with Crippen molar-refractivity contribution in [2.75, 3.05) is 18.2 Å². The third-order valence-corrected chi connectivity index (χ3v) is 6.09. The van der Waals surface area contributed by atoms with Crippen LogP contribution in [0.25, 0.3) is 0 Å². The number of anilines is 1. The van der Waals surface area contributed by atoms with Crippen molar-refractivity contribution in [1.82, 2.24) is 0 Å². The van der Waals surface area contributed by atoms with Gasteiger partial charge in [0.2, 0.25) is 5.91 Å². The Bertz CT molecular complexity index is 484. The molecule has 0 heterocycles. The Balaban J connectivity index is 2.78. The molecule has 22 heavy (non-hydrogen) atoms. The van der Waals surface area contributed by atoms with E-state index in [-0.39, 0.29) is 23.9 Å². The van der Waals surface area contributed by atoms with Gasteiger partial charge in [0.1, 0.15) is 0 Å². The molecule has 0 fully saturated rings. The van der Waals surface area contributed by atoms with E-state index in [2.05, 4.69) is 13.8 Å². The van der Waals surface area contributed by atoms with Gasteiger partial charge in [-0.15, -0.1) is 0 Å². The lowest BCUT2D eigenvalue weighted by molar-refractivity contribution is -0.118. The fraction of sp³-hybridized carbons (Fsp3) is 0.562. The molecule has 0 saturated heterocycles. The lowest BCUT2D eigenvalue weighted by atomic mass is 10.1. The van der Waals surface area contributed by atoms with Crippen LogP contribution in [-0.2, 0) is 18.0 Å². The van der Waals surface area contributed by atoms with Crippen LogP contribution in [-0.4, -0.2) is 34.2 Å². The zero-order chi connectivity index (χ0) is 16.8. The van der Waals surface area contributed by atoms with Crippen LogP contribution >= 0.6 is 21.6 Å². The Kier molecular flexibility index (Phi) is 7.76. The summed E-state index contributed by atoms with van der Waals surface area (Å²) >= 11 is 0. The number of hydrogen-bond acceptors (Lipinski definition) is 5. The van der Waals surface area contributed by atoms with Crippen molar-refractivity contribution in [2.45, 2.75) is 44.6 Å². The Hall–Kier alpha value is -0.690. The van der Waals surface area contributed by atoms with E-state index >= 15 is 0 Å². The molecule has 1 amide bonds. The van der Waals surface area contributed by atoms with E-state index in [1.54, 1.807) is 51.7 Å². The van der Waals surface area contributed by atoms with Gasteiger partial charge in [-0.05, 0) is 49.8 Å². The van der Waals surface area contributed by atoms with Gasteiger partial charge in [0.15, 0.2) is 0 Å². The molecule has 124 valence electrons. The maximum absolute atomic E-state index is 12.4. The molecule has 0 aliphatic heterocycles. The summed E-state index contributed by atoms with van der Waals surface area (Å²) in [6.07, 6.45) is 3.31. The van der Waals surface area contributed by atoms with Crippen LogP contribution in [0.5, 0.6) is 0 Å². The van der Waals surface area contributed by atoms with Crippen LogP contribution in [0.4, 0.5) is 5.69 Å². The highest BCUT2D eigenvalue weighted by Gasteiger charge is 2.21. The Morgan fingerprint density at radius 2 is 1.73 bits per heavy atom. The minimum Gasteiger partial charge on any atom is -0.392 e. The zero-order valence-corrected chi connectivity index (χ0v) is 15.3. The molecule has 0 unspecified atom stereocenters. The summed E-state index contributed by atoms with van der Waals surface area (Å²) in [5.41, 5.74) is 2.09. The molecule has 1 rings (SSSR count). The summed E-state index contributed by atoms with van der Waals surface area (Å²) in [6, 6.07) is 5.29. The molecule has 2 N–H and O–H groups in total. The van der Waals surface area contributed by atoms with Crippen LogP contribution in [0.15, 0.2) is 18.2 Å². The fourth-order valence-electron chi connectivity index (χ4n) is 2.11. The van der Waals surface area contributed by atoms with Gasteiger partial charge in [-0.3, -0.25) is 4.79 Å². The normalized spacial score (nSPS) is 11.5. The number of hydrogen-bond donors (Lipinski definition) is 2. The van der Waals surface area contributed by atoms with Crippen molar-refractivity contribution in [1.29, 1.82) is 0 Å². The Labute approximate surface area is 140 Å². The highest BCUT2D eigenvalue weighted by Crippen LogP contribution is 2.37. The quantitative estimate of drug-likeness (QED) is 0.710. The first-order valence-corrected chi connectivity index (χ1v) is 9.71. The lowest BCUT2D eigenvalue weighted by Crippen LogP contribution is -2.28. The second kappa shape index (κ2) is 8.82. The zero-order valence-electron chi connectivity index (χ0n) is 13.6. The number of benzene rings is 1. The smallest absolute Gasteiger partial charge is 0.226 e. The predicted molar refractivity (Wildman–Crippen MR) is 96.1 cm³/mol. The average Bonchev–Trinajstić information content (AvgIpc) is 2.51. The topological polar surface area (TPSA) is 60.8 Å². The van der Waals surface area contributed by atoms with Gasteiger partial charge in [-0.25, -0.2) is 0 Å². The van der Waals surface area contributed by atoms with Crippen molar-refractivity contribution in [3.05, 3.63) is 29.3 Å². The molecule has 6 heteroatoms. The molecule has 0 aliphatic carbocycles. The molecule has 0 spiro atoms. The molecule has 1 aromatic rings. The fourth-order valence-corrected chi connectivity index (χ4v) is 4.35. The van der Waals surface area contributed by atoms with Crippen LogP contribution in [0.2, 0.25) is 0 Å². The summed E-state index contributed by atoms with van der Waals surface area (Å²) in [7, 11) is 5.22. The number of rotatable bonds is 8. The Morgan fingerprint density at radius 3 is 2.18 bits per heavy atom. The largest absolute Gasteiger partial charge is 0.392 e. The molecule has 0 aromatic heterocycles. The maximum atomic E-state index is 12.4. The molecular formula is C16H25NO3S2. The molecule has 1 aromatic carbocycles. The van der Waals surface area contributed by atoms with Gasteiger partial charge in [0.25, 0.3) is 0 Å². The number of aliphatic hydroxyl groups excluding tert-OH is 2. The second-order valence-corrected chi connectivity index (χ2v) is 8.89. The van der Waals surface area contributed by atoms with E-state index in [9.17, 15) is 15.0 Å². The number of aliphatic hydroxyl groups is 2. The first kappa shape index (κ1) is 19.4. The van der Waals surface area contributed by atoms with Crippen molar-refractivity contribution in [3.63, 3.8) is 0 Å². The lowest BCUT2D eigenvalue weighted by Gasteiger charge is -2.24. The predicted octanol–water partition coefficient (Wildman–Crippen LogP) is 3.20. The number of amides is 1. The van der Waals surface area contributed by atoms with E-state index in [1.807, 2.05) is 6.26 Å². The van der Waals surface area contributed by atoms with Crippen LogP contribution in [0.3, 0.4) is 0 Å². The minimum atomic E-state index is -0.111. The summed E-state index contributed by atoms with van der Waals surface area (Å²) < 4.78 is 0.0547. The molecule has 0 aliphatic rings. The second-order valence-electron chi connectivity index (χ2n) is 5.79. The molecule has 0 radical (unpaired) electrons. The number of carbonyl (C=O) groups excluding carboxylic acids is 1. The summed E-state index contributed by atoms with van der Waals surface area (Å²) in [6.45, 7) is 4.05. The van der Waals surface area contributed by atoms with Crippen LogP contribution < -0.4 is 4.90 Å². The maximum Gasteiger partial charge on any atom is 0.226 e. The van der Waals surface area contributed by atoms with E-state index < -0.39 is 0 Å². The summed E-state index contributed by atoms with van der Waals surface area (Å²) in [4.78, 5) is 14.0. The minimum absolute atomic E-state index is 0.0359. The van der Waals surface area contributed by atoms with Gasteiger partial charge >= 0.3 is 0 Å². The molecule has 0 atom stereocenters. The third kappa shape index (κ3) is 5.83. The van der Waals surface area contributed by atoms with E-state index in [0.717, 1.165) is 6.42 Å². The van der Waals surface area contributed by atoms with Gasteiger partial charge in [0, 0.05) is 23.9 Å². The molecule has 0 saturated carbocycles. The van der Waals surface area contributed by atoms with Gasteiger partial charge in [-0.1, -0.05) is 27.7 Å². The monoisotopic (exact) mass is 343 g/mol. The van der Waals surface area contributed by atoms with Crippen molar-refractivity contribution in [2.24, 2.45) is 0 Å². The molecule has 0 bridgehead atoms. The Morgan fingerprint density at radius 1 is 1.18 bits per heavy atom. The number of nitrogens with zero attached hydrogens (tertiary/aromatic N) is 1. The summed E-state index contributed by atoms with van der Waals surface area (Å²) in [5.74, 6) is 0.0359.